The number of hydrogen-bond acceptors (Lipinski definition) is 2. The van der Waals surface area contributed by atoms with Gasteiger partial charge in [-0.15, -0.1) is 0 Å². The third kappa shape index (κ3) is 4.97. The zero-order chi connectivity index (χ0) is 11.1. The zero-order valence-corrected chi connectivity index (χ0v) is 10.5. The van der Waals surface area contributed by atoms with E-state index >= 15 is 0 Å². The molecule has 0 aliphatic heterocycles. The largest absolute Gasteiger partial charge is 0.271 e. The first-order valence-corrected chi connectivity index (χ1v) is 5.99. The average Bonchev–Trinajstić information content (AvgIpc) is 2.13. The molecule has 86 valence electrons. The SMILES string of the molecule is CCCC(C)CC(NN)C(C)C(C)C. The zero-order valence-electron chi connectivity index (χ0n) is 10.5. The van der Waals surface area contributed by atoms with E-state index in [1.165, 1.54) is 19.3 Å². The van der Waals surface area contributed by atoms with Crippen molar-refractivity contribution >= 4 is 0 Å². The summed E-state index contributed by atoms with van der Waals surface area (Å²) in [7, 11) is 0. The fourth-order valence-corrected chi connectivity index (χ4v) is 1.94. The van der Waals surface area contributed by atoms with Gasteiger partial charge in [0.25, 0.3) is 0 Å². The van der Waals surface area contributed by atoms with Crippen LogP contribution in [-0.4, -0.2) is 6.04 Å². The first-order chi connectivity index (χ1) is 6.52. The van der Waals surface area contributed by atoms with Gasteiger partial charge in [0.2, 0.25) is 0 Å². The Bertz CT molecular complexity index is 134. The first kappa shape index (κ1) is 13.9. The van der Waals surface area contributed by atoms with Gasteiger partial charge in [-0.05, 0) is 24.2 Å². The first-order valence-electron chi connectivity index (χ1n) is 5.99. The summed E-state index contributed by atoms with van der Waals surface area (Å²) >= 11 is 0. The van der Waals surface area contributed by atoms with Crippen molar-refractivity contribution in [2.45, 2.75) is 59.9 Å². The molecule has 0 rings (SSSR count). The van der Waals surface area contributed by atoms with Crippen molar-refractivity contribution in [1.82, 2.24) is 5.43 Å². The summed E-state index contributed by atoms with van der Waals surface area (Å²) in [6, 6.07) is 0.469. The molecule has 0 saturated heterocycles. The van der Waals surface area contributed by atoms with Gasteiger partial charge in [-0.3, -0.25) is 11.3 Å². The summed E-state index contributed by atoms with van der Waals surface area (Å²) in [4.78, 5) is 0. The van der Waals surface area contributed by atoms with Gasteiger partial charge in [-0.2, -0.15) is 0 Å². The van der Waals surface area contributed by atoms with Crippen LogP contribution in [0.4, 0.5) is 0 Å². The van der Waals surface area contributed by atoms with Gasteiger partial charge in [0.05, 0.1) is 0 Å². The topological polar surface area (TPSA) is 38.0 Å². The van der Waals surface area contributed by atoms with Crippen LogP contribution in [0.15, 0.2) is 0 Å². The normalized spacial score (nSPS) is 18.2. The summed E-state index contributed by atoms with van der Waals surface area (Å²) in [6.07, 6.45) is 3.78. The average molecular weight is 200 g/mol. The number of nitrogens with one attached hydrogen (secondary N) is 1. The van der Waals surface area contributed by atoms with Crippen LogP contribution in [0.1, 0.15) is 53.9 Å². The molecule has 0 fully saturated rings. The standard InChI is InChI=1S/C12H28N2/c1-6-7-10(4)8-12(14-13)11(5)9(2)3/h9-12,14H,6-8,13H2,1-5H3. The molecule has 14 heavy (non-hydrogen) atoms. The summed E-state index contributed by atoms with van der Waals surface area (Å²) in [5.41, 5.74) is 2.97. The van der Waals surface area contributed by atoms with Crippen LogP contribution in [0.5, 0.6) is 0 Å². The Morgan fingerprint density at radius 2 is 1.71 bits per heavy atom. The minimum Gasteiger partial charge on any atom is -0.271 e. The predicted molar refractivity (Wildman–Crippen MR) is 63.8 cm³/mol. The molecular formula is C12H28N2. The van der Waals surface area contributed by atoms with E-state index < -0.39 is 0 Å². The van der Waals surface area contributed by atoms with Crippen LogP contribution in [0.25, 0.3) is 0 Å². The second kappa shape index (κ2) is 7.24. The van der Waals surface area contributed by atoms with Crippen molar-refractivity contribution in [3.8, 4) is 0 Å². The molecule has 3 N–H and O–H groups in total. The number of hydrazine groups is 1. The highest BCUT2D eigenvalue weighted by molar-refractivity contribution is 4.75. The van der Waals surface area contributed by atoms with Crippen molar-refractivity contribution in [3.63, 3.8) is 0 Å². The van der Waals surface area contributed by atoms with Gasteiger partial charge >= 0.3 is 0 Å². The summed E-state index contributed by atoms with van der Waals surface area (Å²) in [6.45, 7) is 11.4. The lowest BCUT2D eigenvalue weighted by molar-refractivity contribution is 0.256. The van der Waals surface area contributed by atoms with E-state index in [-0.39, 0.29) is 0 Å². The van der Waals surface area contributed by atoms with Gasteiger partial charge in [0, 0.05) is 6.04 Å². The van der Waals surface area contributed by atoms with Crippen molar-refractivity contribution in [2.75, 3.05) is 0 Å². The quantitative estimate of drug-likeness (QED) is 0.490. The van der Waals surface area contributed by atoms with E-state index in [4.69, 9.17) is 5.84 Å². The molecule has 0 aromatic carbocycles. The Morgan fingerprint density at radius 3 is 2.07 bits per heavy atom. The lowest BCUT2D eigenvalue weighted by Crippen LogP contribution is -2.42. The molecule has 0 bridgehead atoms. The lowest BCUT2D eigenvalue weighted by Gasteiger charge is -2.28. The molecule has 0 aromatic heterocycles. The minimum absolute atomic E-state index is 0.469. The number of hydrogen-bond donors (Lipinski definition) is 2. The van der Waals surface area contributed by atoms with Gasteiger partial charge in [-0.25, -0.2) is 0 Å². The molecule has 3 unspecified atom stereocenters. The predicted octanol–water partition coefficient (Wildman–Crippen LogP) is 2.94. The monoisotopic (exact) mass is 200 g/mol. The van der Waals surface area contributed by atoms with Crippen LogP contribution in [0, 0.1) is 17.8 Å². The Kier molecular flexibility index (Phi) is 7.20. The van der Waals surface area contributed by atoms with Crippen LogP contribution >= 0.6 is 0 Å². The third-order valence-electron chi connectivity index (χ3n) is 3.34. The number of rotatable bonds is 7. The fraction of sp³-hybridized carbons (Fsp3) is 1.00. The number of nitrogens with two attached hydrogens (primary N) is 1. The van der Waals surface area contributed by atoms with Crippen LogP contribution in [-0.2, 0) is 0 Å². The molecule has 0 amide bonds. The maximum Gasteiger partial charge on any atom is 0.0241 e. The van der Waals surface area contributed by atoms with Crippen molar-refractivity contribution in [3.05, 3.63) is 0 Å². The van der Waals surface area contributed by atoms with Crippen molar-refractivity contribution < 1.29 is 0 Å². The van der Waals surface area contributed by atoms with Gasteiger partial charge in [0.15, 0.2) is 0 Å². The molecule has 0 saturated carbocycles. The summed E-state index contributed by atoms with van der Waals surface area (Å²) in [5, 5.41) is 0. The van der Waals surface area contributed by atoms with Crippen LogP contribution in [0.3, 0.4) is 0 Å². The van der Waals surface area contributed by atoms with E-state index in [9.17, 15) is 0 Å². The Labute approximate surface area is 89.6 Å². The van der Waals surface area contributed by atoms with Gasteiger partial charge < -0.3 is 0 Å². The van der Waals surface area contributed by atoms with Crippen LogP contribution < -0.4 is 11.3 Å². The van der Waals surface area contributed by atoms with Crippen LogP contribution in [0.2, 0.25) is 0 Å². The molecule has 3 atom stereocenters. The molecule has 0 heterocycles. The van der Waals surface area contributed by atoms with Crippen molar-refractivity contribution in [2.24, 2.45) is 23.6 Å². The Balaban J connectivity index is 4.01. The van der Waals surface area contributed by atoms with E-state index in [2.05, 4.69) is 40.0 Å². The molecule has 0 aliphatic carbocycles. The molecule has 0 aliphatic rings. The van der Waals surface area contributed by atoms with E-state index in [0.717, 1.165) is 5.92 Å². The van der Waals surface area contributed by atoms with E-state index in [1.807, 2.05) is 0 Å². The third-order valence-corrected chi connectivity index (χ3v) is 3.34. The molecule has 0 spiro atoms. The highest BCUT2D eigenvalue weighted by Gasteiger charge is 2.20. The molecule has 2 heteroatoms. The smallest absolute Gasteiger partial charge is 0.0241 e. The minimum atomic E-state index is 0.469. The molecule has 0 radical (unpaired) electrons. The molecule has 0 aromatic rings. The highest BCUT2D eigenvalue weighted by Crippen LogP contribution is 2.21. The van der Waals surface area contributed by atoms with Gasteiger partial charge in [0.1, 0.15) is 0 Å². The fourth-order valence-electron chi connectivity index (χ4n) is 1.94. The van der Waals surface area contributed by atoms with E-state index in [0.29, 0.717) is 17.9 Å². The lowest BCUT2D eigenvalue weighted by atomic mass is 9.84. The summed E-state index contributed by atoms with van der Waals surface area (Å²) < 4.78 is 0. The highest BCUT2D eigenvalue weighted by atomic mass is 15.2. The molecule has 2 nitrogen and oxygen atoms in total. The Hall–Kier alpha value is -0.0800. The Morgan fingerprint density at radius 1 is 1.14 bits per heavy atom. The van der Waals surface area contributed by atoms with E-state index in [1.54, 1.807) is 0 Å². The molecular weight excluding hydrogens is 172 g/mol. The van der Waals surface area contributed by atoms with Gasteiger partial charge in [-0.1, -0.05) is 47.5 Å². The second-order valence-corrected chi connectivity index (χ2v) is 5.01. The maximum atomic E-state index is 5.61. The maximum absolute atomic E-state index is 5.61. The summed E-state index contributed by atoms with van der Waals surface area (Å²) in [5.74, 6) is 7.74. The van der Waals surface area contributed by atoms with Crippen molar-refractivity contribution in [1.29, 1.82) is 0 Å². The second-order valence-electron chi connectivity index (χ2n) is 5.01.